The van der Waals surface area contributed by atoms with Crippen molar-refractivity contribution in [1.82, 2.24) is 5.48 Å². The smallest absolute Gasteiger partial charge is 0.116 e. The molecule has 4 nitrogen and oxygen atoms in total. The number of hydroxylamine groups is 1. The van der Waals surface area contributed by atoms with Gasteiger partial charge in [0.1, 0.15) is 6.04 Å². The van der Waals surface area contributed by atoms with E-state index < -0.39 is 0 Å². The van der Waals surface area contributed by atoms with Crippen LogP contribution in [0.25, 0.3) is 0 Å². The molecule has 4 heteroatoms. The zero-order chi connectivity index (χ0) is 7.40. The van der Waals surface area contributed by atoms with Gasteiger partial charge >= 0.3 is 0 Å². The van der Waals surface area contributed by atoms with Gasteiger partial charge in [-0.25, -0.2) is 0 Å². The van der Waals surface area contributed by atoms with E-state index in [1.54, 1.807) is 18.2 Å². The van der Waals surface area contributed by atoms with Crippen molar-refractivity contribution in [2.75, 3.05) is 0 Å². The number of allylic oxidation sites excluding steroid dienone is 2. The molecule has 0 saturated carbocycles. The molecule has 10 heavy (non-hydrogen) atoms. The number of hydrogen-bond donors (Lipinski definition) is 2. The first-order chi connectivity index (χ1) is 4.86. The van der Waals surface area contributed by atoms with Gasteiger partial charge in [-0.05, 0) is 6.08 Å². The van der Waals surface area contributed by atoms with E-state index in [0.29, 0.717) is 12.1 Å². The summed E-state index contributed by atoms with van der Waals surface area (Å²) in [7, 11) is 0. The summed E-state index contributed by atoms with van der Waals surface area (Å²) >= 11 is 0. The van der Waals surface area contributed by atoms with Crippen molar-refractivity contribution in [2.24, 2.45) is 5.18 Å². The first-order valence-electron chi connectivity index (χ1n) is 2.96. The van der Waals surface area contributed by atoms with Gasteiger partial charge in [-0.2, -0.15) is 4.91 Å². The molecule has 0 radical (unpaired) electrons. The highest BCUT2D eigenvalue weighted by Crippen LogP contribution is 2.11. The summed E-state index contributed by atoms with van der Waals surface area (Å²) in [6.45, 7) is 0. The van der Waals surface area contributed by atoms with Gasteiger partial charge in [0.15, 0.2) is 0 Å². The minimum absolute atomic E-state index is 0.334. The van der Waals surface area contributed by atoms with Crippen molar-refractivity contribution in [3.63, 3.8) is 0 Å². The highest BCUT2D eigenvalue weighted by molar-refractivity contribution is 5.19. The highest BCUT2D eigenvalue weighted by Gasteiger charge is 2.09. The largest absolute Gasteiger partial charge is 0.291 e. The number of rotatable bonds is 2. The van der Waals surface area contributed by atoms with Crippen molar-refractivity contribution >= 4 is 0 Å². The Bertz CT molecular complexity index is 186. The first-order valence-corrected chi connectivity index (χ1v) is 2.96. The number of hydrogen-bond acceptors (Lipinski definition) is 4. The van der Waals surface area contributed by atoms with Crippen molar-refractivity contribution in [3.05, 3.63) is 28.8 Å². The molecular formula is C6H8N2O2. The maximum Gasteiger partial charge on any atom is 0.116 e. The fraction of sp³-hybridized carbons (Fsp3) is 0.333. The van der Waals surface area contributed by atoms with E-state index in [0.717, 1.165) is 0 Å². The van der Waals surface area contributed by atoms with Crippen molar-refractivity contribution in [1.29, 1.82) is 0 Å². The lowest BCUT2D eigenvalue weighted by Gasteiger charge is -2.09. The predicted octanol–water partition coefficient (Wildman–Crippen LogP) is 0.944. The van der Waals surface area contributed by atoms with Gasteiger partial charge in [0.25, 0.3) is 0 Å². The average molecular weight is 140 g/mol. The van der Waals surface area contributed by atoms with E-state index in [4.69, 9.17) is 5.21 Å². The Morgan fingerprint density at radius 3 is 3.20 bits per heavy atom. The van der Waals surface area contributed by atoms with Gasteiger partial charge in [-0.3, -0.25) is 10.7 Å². The van der Waals surface area contributed by atoms with Gasteiger partial charge in [0.05, 0.1) is 0 Å². The topological polar surface area (TPSA) is 61.7 Å². The minimum atomic E-state index is -0.334. The summed E-state index contributed by atoms with van der Waals surface area (Å²) in [5.41, 5.74) is 2.60. The summed E-state index contributed by atoms with van der Waals surface area (Å²) in [4.78, 5) is 9.98. The lowest BCUT2D eigenvalue weighted by molar-refractivity contribution is 0.195. The molecule has 1 aliphatic carbocycles. The molecule has 0 fully saturated rings. The number of nitrogens with zero attached hydrogens (tertiary/aromatic N) is 1. The molecule has 2 N–H and O–H groups in total. The SMILES string of the molecule is O=NC1C=CC=C(NO)C1. The second-order valence-corrected chi connectivity index (χ2v) is 2.07. The van der Waals surface area contributed by atoms with Crippen molar-refractivity contribution < 1.29 is 5.21 Å². The molecule has 1 aliphatic rings. The van der Waals surface area contributed by atoms with Crippen LogP contribution >= 0.6 is 0 Å². The highest BCUT2D eigenvalue weighted by atomic mass is 16.5. The third kappa shape index (κ3) is 1.41. The third-order valence-corrected chi connectivity index (χ3v) is 1.34. The molecule has 1 unspecified atom stereocenters. The fourth-order valence-electron chi connectivity index (χ4n) is 0.817. The Morgan fingerprint density at radius 2 is 2.60 bits per heavy atom. The van der Waals surface area contributed by atoms with Crippen LogP contribution in [0.4, 0.5) is 0 Å². The summed E-state index contributed by atoms with van der Waals surface area (Å²) in [6, 6.07) is -0.334. The van der Waals surface area contributed by atoms with Gasteiger partial charge in [0, 0.05) is 12.1 Å². The second kappa shape index (κ2) is 3.12. The van der Waals surface area contributed by atoms with Gasteiger partial charge in [0.2, 0.25) is 0 Å². The Hall–Kier alpha value is -1.16. The van der Waals surface area contributed by atoms with Crippen LogP contribution in [0.5, 0.6) is 0 Å². The summed E-state index contributed by atoms with van der Waals surface area (Å²) in [5, 5.41) is 11.2. The maximum absolute atomic E-state index is 9.98. The molecule has 54 valence electrons. The lowest BCUT2D eigenvalue weighted by Crippen LogP contribution is -2.14. The monoisotopic (exact) mass is 140 g/mol. The van der Waals surface area contributed by atoms with E-state index in [1.165, 1.54) is 0 Å². The molecule has 1 atom stereocenters. The Balaban J connectivity index is 2.58. The summed E-state index contributed by atoms with van der Waals surface area (Å²) in [6.07, 6.45) is 5.53. The molecule has 0 amide bonds. The first kappa shape index (κ1) is 6.95. The summed E-state index contributed by atoms with van der Waals surface area (Å²) < 4.78 is 0. The maximum atomic E-state index is 9.98. The second-order valence-electron chi connectivity index (χ2n) is 2.07. The van der Waals surface area contributed by atoms with Crippen LogP contribution in [0, 0.1) is 4.91 Å². The molecule has 0 heterocycles. The van der Waals surface area contributed by atoms with Crippen LogP contribution < -0.4 is 5.48 Å². The van der Waals surface area contributed by atoms with Gasteiger partial charge in [-0.1, -0.05) is 17.3 Å². The van der Waals surface area contributed by atoms with Gasteiger partial charge in [-0.15, -0.1) is 0 Å². The Morgan fingerprint density at radius 1 is 1.80 bits per heavy atom. The van der Waals surface area contributed by atoms with Crippen LogP contribution in [-0.2, 0) is 0 Å². The zero-order valence-electron chi connectivity index (χ0n) is 5.32. The van der Waals surface area contributed by atoms with Crippen LogP contribution in [0.15, 0.2) is 29.1 Å². The summed E-state index contributed by atoms with van der Waals surface area (Å²) in [5.74, 6) is 0. The zero-order valence-corrected chi connectivity index (χ0v) is 5.32. The van der Waals surface area contributed by atoms with Crippen LogP contribution in [0.3, 0.4) is 0 Å². The van der Waals surface area contributed by atoms with Crippen molar-refractivity contribution in [2.45, 2.75) is 12.5 Å². The van der Waals surface area contributed by atoms with E-state index >= 15 is 0 Å². The third-order valence-electron chi connectivity index (χ3n) is 1.34. The minimum Gasteiger partial charge on any atom is -0.291 e. The van der Waals surface area contributed by atoms with E-state index in [1.807, 2.05) is 5.48 Å². The molecule has 0 saturated heterocycles. The molecule has 0 aromatic carbocycles. The number of nitrogens with one attached hydrogen (secondary N) is 1. The Kier molecular flexibility index (Phi) is 2.17. The quantitative estimate of drug-likeness (QED) is 0.443. The molecule has 0 aromatic rings. The normalized spacial score (nSPS) is 23.7. The molecule has 0 bridgehead atoms. The number of nitroso groups, excluding NO2 is 1. The van der Waals surface area contributed by atoms with Crippen LogP contribution in [0.1, 0.15) is 6.42 Å². The standard InChI is InChI=1S/C6H8N2O2/c9-7-5-2-1-3-6(4-5)8-10/h1-3,5,8,10H,4H2. The van der Waals surface area contributed by atoms with Crippen LogP contribution in [-0.4, -0.2) is 11.2 Å². The Labute approximate surface area is 58.2 Å². The van der Waals surface area contributed by atoms with E-state index in [9.17, 15) is 4.91 Å². The predicted molar refractivity (Wildman–Crippen MR) is 36.3 cm³/mol. The fourth-order valence-corrected chi connectivity index (χ4v) is 0.817. The van der Waals surface area contributed by atoms with E-state index in [2.05, 4.69) is 5.18 Å². The van der Waals surface area contributed by atoms with Crippen LogP contribution in [0.2, 0.25) is 0 Å². The lowest BCUT2D eigenvalue weighted by atomic mass is 10.1. The average Bonchev–Trinajstić information content (AvgIpc) is 2.05. The van der Waals surface area contributed by atoms with Gasteiger partial charge < -0.3 is 0 Å². The molecule has 1 rings (SSSR count). The molecule has 0 aliphatic heterocycles. The molecular weight excluding hydrogens is 132 g/mol. The molecule has 0 aromatic heterocycles. The molecule has 0 spiro atoms. The van der Waals surface area contributed by atoms with Crippen molar-refractivity contribution in [3.8, 4) is 0 Å². The van der Waals surface area contributed by atoms with E-state index in [-0.39, 0.29) is 6.04 Å².